The Labute approximate surface area is 225 Å². The van der Waals surface area contributed by atoms with Gasteiger partial charge < -0.3 is 18.6 Å². The summed E-state index contributed by atoms with van der Waals surface area (Å²) in [6.45, 7) is 4.40. The van der Waals surface area contributed by atoms with Crippen LogP contribution in [0.2, 0.25) is 0 Å². The molecule has 0 radical (unpaired) electrons. The lowest BCUT2D eigenvalue weighted by atomic mass is 9.92. The molecule has 6 nitrogen and oxygen atoms in total. The first-order valence-electron chi connectivity index (χ1n) is 12.1. The maximum Gasteiger partial charge on any atom is 0.417 e. The van der Waals surface area contributed by atoms with Crippen LogP contribution in [0.5, 0.6) is 11.5 Å². The van der Waals surface area contributed by atoms with Crippen molar-refractivity contribution in [3.8, 4) is 22.6 Å². The highest BCUT2D eigenvalue weighted by Crippen LogP contribution is 2.39. The van der Waals surface area contributed by atoms with E-state index < -0.39 is 66.0 Å². The average molecular weight is 575 g/mol. The molecular formula is C28H28F6O6. The maximum absolute atomic E-state index is 13.7. The summed E-state index contributed by atoms with van der Waals surface area (Å²) in [7, 11) is 1.21. The molecule has 2 aromatic carbocycles. The molecule has 0 bridgehead atoms. The molecule has 1 atom stereocenters. The van der Waals surface area contributed by atoms with Crippen molar-refractivity contribution in [2.45, 2.75) is 46.0 Å². The van der Waals surface area contributed by atoms with Crippen molar-refractivity contribution in [3.63, 3.8) is 0 Å². The fraction of sp³-hybridized carbons (Fsp3) is 0.429. The summed E-state index contributed by atoms with van der Waals surface area (Å²) < 4.78 is 101. The number of halogens is 6. The zero-order valence-electron chi connectivity index (χ0n) is 22.2. The predicted octanol–water partition coefficient (Wildman–Crippen LogP) is 7.41. The summed E-state index contributed by atoms with van der Waals surface area (Å²) >= 11 is 0. The largest absolute Gasteiger partial charge is 0.497 e. The van der Waals surface area contributed by atoms with Crippen LogP contribution in [0.25, 0.3) is 22.1 Å². The van der Waals surface area contributed by atoms with Crippen LogP contribution in [0, 0.1) is 11.3 Å². The zero-order chi connectivity index (χ0) is 29.9. The fourth-order valence-corrected chi connectivity index (χ4v) is 3.89. The van der Waals surface area contributed by atoms with Gasteiger partial charge in [0, 0.05) is 22.9 Å². The van der Waals surface area contributed by atoms with E-state index in [0.29, 0.717) is 0 Å². The minimum atomic E-state index is -4.78. The molecule has 0 N–H and O–H groups in total. The summed E-state index contributed by atoms with van der Waals surface area (Å²) in [4.78, 5) is 24.6. The molecule has 3 rings (SSSR count). The van der Waals surface area contributed by atoms with Crippen LogP contribution in [-0.4, -0.2) is 32.5 Å². The van der Waals surface area contributed by atoms with Gasteiger partial charge in [0.2, 0.25) is 0 Å². The molecule has 0 saturated heterocycles. The number of hydrogen-bond donors (Lipinski definition) is 0. The molecule has 1 unspecified atom stereocenters. The Morgan fingerprint density at radius 2 is 1.57 bits per heavy atom. The Kier molecular flexibility index (Phi) is 9.10. The molecule has 0 spiro atoms. The SMILES string of the molecule is COc1ccc(-c2cc3ccc(OCC(COC(=O)CC(C)(C)C)CC(F)(F)F)cc3oc2=O)c(C(F)(F)F)c1. The fourth-order valence-electron chi connectivity index (χ4n) is 3.89. The van der Waals surface area contributed by atoms with Crippen molar-refractivity contribution < 1.29 is 49.8 Å². The highest BCUT2D eigenvalue weighted by molar-refractivity contribution is 5.83. The highest BCUT2D eigenvalue weighted by atomic mass is 19.4. The molecule has 0 amide bonds. The third kappa shape index (κ3) is 8.65. The number of carbonyl (C=O) groups excluding carboxylic acids is 1. The van der Waals surface area contributed by atoms with E-state index in [2.05, 4.69) is 0 Å². The first kappa shape index (κ1) is 30.8. The summed E-state index contributed by atoms with van der Waals surface area (Å²) in [5.41, 5.74) is -3.32. The summed E-state index contributed by atoms with van der Waals surface area (Å²) in [6.07, 6.45) is -10.5. The van der Waals surface area contributed by atoms with Gasteiger partial charge in [-0.1, -0.05) is 20.8 Å². The lowest BCUT2D eigenvalue weighted by molar-refractivity contribution is -0.161. The molecule has 0 aliphatic carbocycles. The van der Waals surface area contributed by atoms with E-state index in [1.165, 1.54) is 37.4 Å². The number of alkyl halides is 6. The topological polar surface area (TPSA) is 75.0 Å². The minimum absolute atomic E-state index is 0.0271. The number of esters is 1. The standard InChI is InChI=1S/C28H28F6O6/c1-26(2,3)13-24(35)39-15-16(12-27(29,30)31)14-38-19-6-5-17-9-21(25(36)40-23(17)11-19)20-8-7-18(37-4)10-22(20)28(32,33)34/h5-11,16H,12-15H2,1-4H3. The maximum atomic E-state index is 13.7. The molecule has 0 aliphatic heterocycles. The van der Waals surface area contributed by atoms with Gasteiger partial charge in [-0.3, -0.25) is 4.79 Å². The second-order valence-electron chi connectivity index (χ2n) is 10.5. The Morgan fingerprint density at radius 1 is 0.900 bits per heavy atom. The van der Waals surface area contributed by atoms with Crippen LogP contribution in [0.4, 0.5) is 26.3 Å². The smallest absolute Gasteiger partial charge is 0.417 e. The van der Waals surface area contributed by atoms with Crippen molar-refractivity contribution >= 4 is 16.9 Å². The summed E-state index contributed by atoms with van der Waals surface area (Å²) in [6, 6.07) is 8.40. The monoisotopic (exact) mass is 574 g/mol. The minimum Gasteiger partial charge on any atom is -0.497 e. The lowest BCUT2D eigenvalue weighted by Gasteiger charge is -2.21. The van der Waals surface area contributed by atoms with E-state index in [4.69, 9.17) is 18.6 Å². The Hall–Kier alpha value is -3.70. The van der Waals surface area contributed by atoms with Crippen molar-refractivity contribution in [1.29, 1.82) is 0 Å². The van der Waals surface area contributed by atoms with Gasteiger partial charge in [-0.25, -0.2) is 4.79 Å². The van der Waals surface area contributed by atoms with Crippen molar-refractivity contribution in [1.82, 2.24) is 0 Å². The van der Waals surface area contributed by atoms with Crippen LogP contribution in [0.3, 0.4) is 0 Å². The molecule has 1 heterocycles. The second kappa shape index (κ2) is 11.8. The molecule has 12 heteroatoms. The van der Waals surface area contributed by atoms with Crippen LogP contribution >= 0.6 is 0 Å². The van der Waals surface area contributed by atoms with E-state index in [0.717, 1.165) is 12.1 Å². The average Bonchev–Trinajstić information content (AvgIpc) is 2.82. The van der Waals surface area contributed by atoms with E-state index in [-0.39, 0.29) is 34.5 Å². The van der Waals surface area contributed by atoms with Gasteiger partial charge in [0.15, 0.2) is 0 Å². The van der Waals surface area contributed by atoms with Gasteiger partial charge >= 0.3 is 23.9 Å². The van der Waals surface area contributed by atoms with Crippen LogP contribution in [0.1, 0.15) is 39.2 Å². The Morgan fingerprint density at radius 3 is 2.17 bits per heavy atom. The first-order valence-corrected chi connectivity index (χ1v) is 12.1. The van der Waals surface area contributed by atoms with E-state index >= 15 is 0 Å². The molecular weight excluding hydrogens is 546 g/mol. The summed E-state index contributed by atoms with van der Waals surface area (Å²) in [5, 5.41) is 0.258. The number of carbonyl (C=O) groups is 1. The Bertz CT molecular complexity index is 1400. The molecule has 40 heavy (non-hydrogen) atoms. The van der Waals surface area contributed by atoms with Crippen LogP contribution in [-0.2, 0) is 15.7 Å². The zero-order valence-corrected chi connectivity index (χ0v) is 22.2. The molecule has 0 aliphatic rings. The number of rotatable bonds is 9. The normalized spacial score (nSPS) is 13.2. The predicted molar refractivity (Wildman–Crippen MR) is 134 cm³/mol. The van der Waals surface area contributed by atoms with E-state index in [9.17, 15) is 35.9 Å². The van der Waals surface area contributed by atoms with Gasteiger partial charge in [-0.15, -0.1) is 0 Å². The van der Waals surface area contributed by atoms with Gasteiger partial charge in [0.1, 0.15) is 17.1 Å². The summed E-state index contributed by atoms with van der Waals surface area (Å²) in [5.74, 6) is -1.83. The number of fused-ring (bicyclic) bond motifs is 1. The van der Waals surface area contributed by atoms with E-state index in [1.807, 2.05) is 0 Å². The number of benzene rings is 2. The van der Waals surface area contributed by atoms with Gasteiger partial charge in [0.25, 0.3) is 0 Å². The van der Waals surface area contributed by atoms with Crippen molar-refractivity contribution in [2.24, 2.45) is 11.3 Å². The number of ether oxygens (including phenoxy) is 3. The van der Waals surface area contributed by atoms with Crippen LogP contribution < -0.4 is 15.1 Å². The third-order valence-electron chi connectivity index (χ3n) is 5.69. The first-order chi connectivity index (χ1) is 18.4. The number of hydrogen-bond acceptors (Lipinski definition) is 6. The Balaban J connectivity index is 1.83. The van der Waals surface area contributed by atoms with Crippen LogP contribution in [0.15, 0.2) is 51.7 Å². The molecule has 218 valence electrons. The molecule has 1 aromatic heterocycles. The van der Waals surface area contributed by atoms with Gasteiger partial charge in [0.05, 0.1) is 44.3 Å². The second-order valence-corrected chi connectivity index (χ2v) is 10.5. The highest BCUT2D eigenvalue weighted by Gasteiger charge is 2.35. The lowest BCUT2D eigenvalue weighted by Crippen LogP contribution is -2.27. The van der Waals surface area contributed by atoms with Gasteiger partial charge in [-0.05, 0) is 41.8 Å². The van der Waals surface area contributed by atoms with Crippen molar-refractivity contribution in [2.75, 3.05) is 20.3 Å². The number of methoxy groups -OCH3 is 1. The van der Waals surface area contributed by atoms with E-state index in [1.54, 1.807) is 20.8 Å². The van der Waals surface area contributed by atoms with Crippen molar-refractivity contribution in [3.05, 3.63) is 58.4 Å². The molecule has 0 fully saturated rings. The third-order valence-corrected chi connectivity index (χ3v) is 5.69. The van der Waals surface area contributed by atoms with Gasteiger partial charge in [-0.2, -0.15) is 26.3 Å². The molecule has 0 saturated carbocycles. The quantitative estimate of drug-likeness (QED) is 0.151. The molecule has 3 aromatic rings.